The maximum absolute atomic E-state index is 11.9. The lowest BCUT2D eigenvalue weighted by Crippen LogP contribution is -2.33. The molecule has 0 saturated carbocycles. The highest BCUT2D eigenvalue weighted by molar-refractivity contribution is 7.92. The van der Waals surface area contributed by atoms with E-state index in [0.29, 0.717) is 5.13 Å². The standard InChI is InChI=1S/C10H17N3O2S2/c1-8-6-12-10(16-8)13-17(14,15)7-9-2-4-11-5-3-9/h6,9,11H,2-5,7H2,1H3,(H,12,13). The van der Waals surface area contributed by atoms with Crippen molar-refractivity contribution in [1.82, 2.24) is 10.3 Å². The minimum absolute atomic E-state index is 0.202. The van der Waals surface area contributed by atoms with Gasteiger partial charge in [0.25, 0.3) is 0 Å². The third-order valence-corrected chi connectivity index (χ3v) is 5.15. The van der Waals surface area contributed by atoms with E-state index in [1.807, 2.05) is 6.92 Å². The molecule has 5 nitrogen and oxygen atoms in total. The number of rotatable bonds is 4. The van der Waals surface area contributed by atoms with Crippen molar-refractivity contribution in [3.63, 3.8) is 0 Å². The van der Waals surface area contributed by atoms with Gasteiger partial charge in [0.05, 0.1) is 5.75 Å². The van der Waals surface area contributed by atoms with Gasteiger partial charge in [-0.2, -0.15) is 0 Å². The van der Waals surface area contributed by atoms with Crippen LogP contribution in [-0.2, 0) is 10.0 Å². The first-order valence-electron chi connectivity index (χ1n) is 5.69. The van der Waals surface area contributed by atoms with Crippen LogP contribution in [0.5, 0.6) is 0 Å². The molecule has 0 aromatic carbocycles. The Morgan fingerprint density at radius 2 is 2.24 bits per heavy atom. The third kappa shape index (κ3) is 3.93. The van der Waals surface area contributed by atoms with Gasteiger partial charge in [0, 0.05) is 11.1 Å². The first-order valence-corrected chi connectivity index (χ1v) is 8.16. The zero-order chi connectivity index (χ0) is 12.3. The summed E-state index contributed by atoms with van der Waals surface area (Å²) in [6.07, 6.45) is 3.53. The molecule has 2 heterocycles. The second-order valence-electron chi connectivity index (χ2n) is 4.35. The number of aryl methyl sites for hydroxylation is 1. The Balaban J connectivity index is 1.94. The topological polar surface area (TPSA) is 71.1 Å². The summed E-state index contributed by atoms with van der Waals surface area (Å²) in [5, 5.41) is 3.70. The van der Waals surface area contributed by atoms with Crippen molar-refractivity contribution in [1.29, 1.82) is 0 Å². The predicted octanol–water partition coefficient (Wildman–Crippen LogP) is 1.19. The minimum Gasteiger partial charge on any atom is -0.317 e. The molecule has 1 aliphatic heterocycles. The Kier molecular flexibility index (Phi) is 4.01. The molecule has 1 aromatic rings. The smallest absolute Gasteiger partial charge is 0.234 e. The molecule has 2 rings (SSSR count). The number of hydrogen-bond acceptors (Lipinski definition) is 5. The summed E-state index contributed by atoms with van der Waals surface area (Å²) in [7, 11) is -3.25. The van der Waals surface area contributed by atoms with Gasteiger partial charge in [0.2, 0.25) is 10.0 Å². The largest absolute Gasteiger partial charge is 0.317 e. The SMILES string of the molecule is Cc1cnc(NS(=O)(=O)CC2CCNCC2)s1. The molecule has 1 aliphatic rings. The molecule has 1 fully saturated rings. The molecule has 0 radical (unpaired) electrons. The molecule has 0 atom stereocenters. The minimum atomic E-state index is -3.25. The fourth-order valence-corrected chi connectivity index (χ4v) is 4.35. The zero-order valence-electron chi connectivity index (χ0n) is 9.77. The highest BCUT2D eigenvalue weighted by Gasteiger charge is 2.21. The summed E-state index contributed by atoms with van der Waals surface area (Å²) < 4.78 is 26.4. The number of thiazole rings is 1. The number of sulfonamides is 1. The van der Waals surface area contributed by atoms with Crippen molar-refractivity contribution in [2.45, 2.75) is 19.8 Å². The monoisotopic (exact) mass is 275 g/mol. The summed E-state index contributed by atoms with van der Waals surface area (Å²) in [4.78, 5) is 5.01. The van der Waals surface area contributed by atoms with Gasteiger partial charge in [-0.15, -0.1) is 11.3 Å². The number of hydrogen-bond donors (Lipinski definition) is 2. The molecule has 0 aliphatic carbocycles. The fraction of sp³-hybridized carbons (Fsp3) is 0.700. The fourth-order valence-electron chi connectivity index (χ4n) is 1.94. The summed E-state index contributed by atoms with van der Waals surface area (Å²) in [6, 6.07) is 0. The van der Waals surface area contributed by atoms with Gasteiger partial charge >= 0.3 is 0 Å². The Morgan fingerprint density at radius 3 is 2.82 bits per heavy atom. The van der Waals surface area contributed by atoms with Gasteiger partial charge in [-0.1, -0.05) is 0 Å². The van der Waals surface area contributed by atoms with Crippen LogP contribution in [0.4, 0.5) is 5.13 Å². The quantitative estimate of drug-likeness (QED) is 0.866. The first kappa shape index (κ1) is 12.8. The van der Waals surface area contributed by atoms with Crippen molar-refractivity contribution in [2.24, 2.45) is 5.92 Å². The summed E-state index contributed by atoms with van der Waals surface area (Å²) >= 11 is 1.36. The van der Waals surface area contributed by atoms with E-state index in [1.54, 1.807) is 6.20 Å². The summed E-state index contributed by atoms with van der Waals surface area (Å²) in [6.45, 7) is 3.73. The van der Waals surface area contributed by atoms with E-state index >= 15 is 0 Å². The molecule has 96 valence electrons. The Bertz CT molecular complexity index is 464. The van der Waals surface area contributed by atoms with Crippen molar-refractivity contribution in [3.05, 3.63) is 11.1 Å². The van der Waals surface area contributed by atoms with Crippen LogP contribution in [0.2, 0.25) is 0 Å². The highest BCUT2D eigenvalue weighted by atomic mass is 32.2. The number of piperidine rings is 1. The van der Waals surface area contributed by atoms with Crippen molar-refractivity contribution < 1.29 is 8.42 Å². The number of aromatic nitrogens is 1. The molecule has 17 heavy (non-hydrogen) atoms. The average molecular weight is 275 g/mol. The molecule has 0 spiro atoms. The molecule has 0 unspecified atom stereocenters. The second kappa shape index (κ2) is 5.32. The van der Waals surface area contributed by atoms with Crippen LogP contribution in [0.3, 0.4) is 0 Å². The van der Waals surface area contributed by atoms with Crippen LogP contribution in [0.15, 0.2) is 6.20 Å². The van der Waals surface area contributed by atoms with Crippen molar-refractivity contribution in [3.8, 4) is 0 Å². The second-order valence-corrected chi connectivity index (χ2v) is 7.35. The van der Waals surface area contributed by atoms with Crippen LogP contribution in [0.1, 0.15) is 17.7 Å². The lowest BCUT2D eigenvalue weighted by molar-refractivity contribution is 0.402. The normalized spacial score (nSPS) is 18.2. The van der Waals surface area contributed by atoms with Gasteiger partial charge < -0.3 is 5.32 Å². The van der Waals surface area contributed by atoms with Crippen LogP contribution in [0, 0.1) is 12.8 Å². The van der Waals surface area contributed by atoms with Crippen molar-refractivity contribution in [2.75, 3.05) is 23.6 Å². The lowest BCUT2D eigenvalue weighted by atomic mass is 10.0. The van der Waals surface area contributed by atoms with Gasteiger partial charge in [-0.05, 0) is 38.8 Å². The van der Waals surface area contributed by atoms with Crippen LogP contribution in [-0.4, -0.2) is 32.2 Å². The van der Waals surface area contributed by atoms with Crippen LogP contribution >= 0.6 is 11.3 Å². The van der Waals surface area contributed by atoms with Gasteiger partial charge in [0.1, 0.15) is 0 Å². The number of nitrogens with zero attached hydrogens (tertiary/aromatic N) is 1. The third-order valence-electron chi connectivity index (χ3n) is 2.78. The molecular formula is C10H17N3O2S2. The van der Waals surface area contributed by atoms with Gasteiger partial charge in [-0.3, -0.25) is 4.72 Å². The van der Waals surface area contributed by atoms with E-state index in [2.05, 4.69) is 15.0 Å². The first-order chi connectivity index (χ1) is 8.05. The van der Waals surface area contributed by atoms with E-state index in [0.717, 1.165) is 30.8 Å². The maximum Gasteiger partial charge on any atom is 0.234 e. The molecule has 2 N–H and O–H groups in total. The Labute approximate surface area is 106 Å². The Morgan fingerprint density at radius 1 is 1.53 bits per heavy atom. The molecular weight excluding hydrogens is 258 g/mol. The van der Waals surface area contributed by atoms with E-state index in [4.69, 9.17) is 0 Å². The van der Waals surface area contributed by atoms with E-state index in [9.17, 15) is 8.42 Å². The van der Waals surface area contributed by atoms with E-state index in [-0.39, 0.29) is 11.7 Å². The lowest BCUT2D eigenvalue weighted by Gasteiger charge is -2.22. The van der Waals surface area contributed by atoms with Crippen molar-refractivity contribution >= 4 is 26.5 Å². The van der Waals surface area contributed by atoms with Gasteiger partial charge in [-0.25, -0.2) is 13.4 Å². The van der Waals surface area contributed by atoms with E-state index < -0.39 is 10.0 Å². The Hall–Kier alpha value is -0.660. The maximum atomic E-state index is 11.9. The average Bonchev–Trinajstić information content (AvgIpc) is 2.63. The van der Waals surface area contributed by atoms with Crippen LogP contribution < -0.4 is 10.0 Å². The molecule has 0 amide bonds. The molecule has 7 heteroatoms. The summed E-state index contributed by atoms with van der Waals surface area (Å²) in [5.41, 5.74) is 0. The zero-order valence-corrected chi connectivity index (χ0v) is 11.4. The predicted molar refractivity (Wildman–Crippen MR) is 69.9 cm³/mol. The molecule has 0 bridgehead atoms. The van der Waals surface area contributed by atoms with Gasteiger partial charge in [0.15, 0.2) is 5.13 Å². The summed E-state index contributed by atoms with van der Waals surface area (Å²) in [5.74, 6) is 0.461. The number of anilines is 1. The van der Waals surface area contributed by atoms with Crippen LogP contribution in [0.25, 0.3) is 0 Å². The van der Waals surface area contributed by atoms with E-state index in [1.165, 1.54) is 11.3 Å². The molecule has 1 aromatic heterocycles. The molecule has 1 saturated heterocycles. The number of nitrogens with one attached hydrogen (secondary N) is 2. The highest BCUT2D eigenvalue weighted by Crippen LogP contribution is 2.20.